The van der Waals surface area contributed by atoms with Crippen molar-refractivity contribution >= 4 is 16.1 Å². The van der Waals surface area contributed by atoms with Crippen molar-refractivity contribution in [2.45, 2.75) is 45.4 Å². The van der Waals surface area contributed by atoms with Crippen molar-refractivity contribution in [3.8, 4) is 0 Å². The summed E-state index contributed by atoms with van der Waals surface area (Å²) in [6, 6.07) is 0. The van der Waals surface area contributed by atoms with Crippen LogP contribution < -0.4 is 5.73 Å². The Hall–Kier alpha value is -0.700. The van der Waals surface area contributed by atoms with Gasteiger partial charge in [-0.1, -0.05) is 0 Å². The molecule has 0 amide bonds. The molecule has 1 atom stereocenters. The van der Waals surface area contributed by atoms with E-state index in [1.807, 2.05) is 0 Å². The maximum absolute atomic E-state index is 11.3. The van der Waals surface area contributed by atoms with Crippen LogP contribution in [0.5, 0.6) is 0 Å². The van der Waals surface area contributed by atoms with Gasteiger partial charge in [-0.2, -0.15) is 8.42 Å². The van der Waals surface area contributed by atoms with Crippen molar-refractivity contribution in [2.24, 2.45) is 5.73 Å². The second kappa shape index (κ2) is 7.03. The normalized spacial score (nSPS) is 14.3. The zero-order valence-corrected chi connectivity index (χ0v) is 11.7. The van der Waals surface area contributed by atoms with Gasteiger partial charge in [0.15, 0.2) is 0 Å². The first-order chi connectivity index (χ1) is 7.99. The molecule has 3 N–H and O–H groups in total. The summed E-state index contributed by atoms with van der Waals surface area (Å²) in [6.07, 6.45) is -0.842. The van der Waals surface area contributed by atoms with Crippen LogP contribution in [-0.4, -0.2) is 43.1 Å². The number of hydrogen-bond acceptors (Lipinski definition) is 6. The summed E-state index contributed by atoms with van der Waals surface area (Å²) in [5.74, 6) is -0.878. The predicted molar refractivity (Wildman–Crippen MR) is 65.4 cm³/mol. The quantitative estimate of drug-likeness (QED) is 0.299. The molecular weight excluding hydrogens is 262 g/mol. The van der Waals surface area contributed by atoms with Gasteiger partial charge < -0.3 is 15.2 Å². The maximum Gasteiger partial charge on any atom is 0.310 e. The molecule has 0 aromatic rings. The van der Waals surface area contributed by atoms with Crippen molar-refractivity contribution in [3.63, 3.8) is 0 Å². The van der Waals surface area contributed by atoms with E-state index in [1.165, 1.54) is 0 Å². The van der Waals surface area contributed by atoms with Crippen molar-refractivity contribution < 1.29 is 27.2 Å². The minimum absolute atomic E-state index is 0.0454. The SMILES string of the molecule is CC(C)(C)OC(=O)CC(N)OCCCS(=O)(=O)O. The molecule has 0 aromatic carbocycles. The summed E-state index contributed by atoms with van der Waals surface area (Å²) in [7, 11) is -3.98. The number of ether oxygens (including phenoxy) is 2. The van der Waals surface area contributed by atoms with Gasteiger partial charge in [0.1, 0.15) is 11.8 Å². The Bertz CT molecular complexity index is 359. The fourth-order valence-corrected chi connectivity index (χ4v) is 1.57. The third-order valence-electron chi connectivity index (χ3n) is 1.67. The Morgan fingerprint density at radius 1 is 1.39 bits per heavy atom. The minimum atomic E-state index is -3.98. The Morgan fingerprint density at radius 3 is 2.39 bits per heavy atom. The number of rotatable bonds is 7. The second-order valence-electron chi connectivity index (χ2n) is 4.84. The van der Waals surface area contributed by atoms with Gasteiger partial charge in [0.2, 0.25) is 0 Å². The highest BCUT2D eigenvalue weighted by Gasteiger charge is 2.18. The summed E-state index contributed by atoms with van der Waals surface area (Å²) in [5.41, 5.74) is 4.93. The van der Waals surface area contributed by atoms with Gasteiger partial charge >= 0.3 is 5.97 Å². The van der Waals surface area contributed by atoms with Crippen molar-refractivity contribution in [1.29, 1.82) is 0 Å². The van der Waals surface area contributed by atoms with E-state index in [0.29, 0.717) is 0 Å². The average Bonchev–Trinajstić information content (AvgIpc) is 2.07. The second-order valence-corrected chi connectivity index (χ2v) is 6.41. The largest absolute Gasteiger partial charge is 0.460 e. The third kappa shape index (κ3) is 11.8. The Balaban J connectivity index is 3.78. The van der Waals surface area contributed by atoms with Crippen LogP contribution in [0.3, 0.4) is 0 Å². The molecule has 0 radical (unpaired) electrons. The standard InChI is InChI=1S/C10H21NO6S/c1-10(2,3)17-9(12)7-8(11)16-5-4-6-18(13,14)15/h8H,4-7,11H2,1-3H3,(H,13,14,15). The molecule has 18 heavy (non-hydrogen) atoms. The van der Waals surface area contributed by atoms with E-state index < -0.39 is 33.7 Å². The van der Waals surface area contributed by atoms with E-state index in [0.717, 1.165) is 0 Å². The third-order valence-corrected chi connectivity index (χ3v) is 2.47. The van der Waals surface area contributed by atoms with E-state index >= 15 is 0 Å². The van der Waals surface area contributed by atoms with Gasteiger partial charge in [0, 0.05) is 6.61 Å². The van der Waals surface area contributed by atoms with Crippen LogP contribution >= 0.6 is 0 Å². The fraction of sp³-hybridized carbons (Fsp3) is 0.900. The summed E-state index contributed by atoms with van der Waals surface area (Å²) in [5, 5.41) is 0. The van der Waals surface area contributed by atoms with E-state index in [-0.39, 0.29) is 19.4 Å². The van der Waals surface area contributed by atoms with Gasteiger partial charge in [-0.25, -0.2) is 0 Å². The molecule has 8 heteroatoms. The van der Waals surface area contributed by atoms with Crippen LogP contribution in [0, 0.1) is 0 Å². The van der Waals surface area contributed by atoms with E-state index in [9.17, 15) is 13.2 Å². The fourth-order valence-electron chi connectivity index (χ4n) is 1.08. The monoisotopic (exact) mass is 283 g/mol. The highest BCUT2D eigenvalue weighted by atomic mass is 32.2. The molecule has 0 bridgehead atoms. The molecule has 0 aliphatic heterocycles. The van der Waals surface area contributed by atoms with E-state index in [2.05, 4.69) is 0 Å². The first-order valence-electron chi connectivity index (χ1n) is 5.54. The molecular formula is C10H21NO6S. The topological polar surface area (TPSA) is 116 Å². The lowest BCUT2D eigenvalue weighted by Gasteiger charge is -2.21. The highest BCUT2D eigenvalue weighted by molar-refractivity contribution is 7.85. The molecule has 1 unspecified atom stereocenters. The Morgan fingerprint density at radius 2 is 1.94 bits per heavy atom. The van der Waals surface area contributed by atoms with Gasteiger partial charge in [-0.15, -0.1) is 0 Å². The summed E-state index contributed by atoms with van der Waals surface area (Å²) in [4.78, 5) is 11.3. The zero-order chi connectivity index (χ0) is 14.4. The van der Waals surface area contributed by atoms with Crippen LogP contribution in [0.4, 0.5) is 0 Å². The Labute approximate surface area is 107 Å². The number of carbonyl (C=O) groups excluding carboxylic acids is 1. The van der Waals surface area contributed by atoms with Crippen molar-refractivity contribution in [2.75, 3.05) is 12.4 Å². The van der Waals surface area contributed by atoms with Crippen LogP contribution in [0.15, 0.2) is 0 Å². The molecule has 7 nitrogen and oxygen atoms in total. The minimum Gasteiger partial charge on any atom is -0.460 e. The molecule has 108 valence electrons. The number of esters is 1. The lowest BCUT2D eigenvalue weighted by atomic mass is 10.2. The predicted octanol–water partition coefficient (Wildman–Crippen LogP) is 0.298. The summed E-state index contributed by atoms with van der Waals surface area (Å²) in [6.45, 7) is 5.26. The first-order valence-corrected chi connectivity index (χ1v) is 7.15. The molecule has 0 aromatic heterocycles. The van der Waals surface area contributed by atoms with E-state index in [4.69, 9.17) is 19.8 Å². The van der Waals surface area contributed by atoms with E-state index in [1.54, 1.807) is 20.8 Å². The maximum atomic E-state index is 11.3. The molecule has 0 rings (SSSR count). The molecule has 0 spiro atoms. The molecule has 0 aliphatic carbocycles. The van der Waals surface area contributed by atoms with Crippen LogP contribution in [0.25, 0.3) is 0 Å². The highest BCUT2D eigenvalue weighted by Crippen LogP contribution is 2.09. The lowest BCUT2D eigenvalue weighted by Crippen LogP contribution is -2.32. The molecule has 0 aliphatic rings. The molecule has 0 saturated heterocycles. The number of hydrogen-bond donors (Lipinski definition) is 2. The van der Waals surface area contributed by atoms with Gasteiger partial charge in [-0.05, 0) is 27.2 Å². The van der Waals surface area contributed by atoms with Crippen LogP contribution in [0.2, 0.25) is 0 Å². The lowest BCUT2D eigenvalue weighted by molar-refractivity contribution is -0.157. The van der Waals surface area contributed by atoms with Gasteiger partial charge in [0.05, 0.1) is 12.2 Å². The molecule has 0 saturated carbocycles. The summed E-state index contributed by atoms with van der Waals surface area (Å²) >= 11 is 0. The zero-order valence-electron chi connectivity index (χ0n) is 10.9. The number of nitrogens with two attached hydrogens (primary N) is 1. The first kappa shape index (κ1) is 17.3. The molecule has 0 heterocycles. The van der Waals surface area contributed by atoms with Gasteiger partial charge in [-0.3, -0.25) is 9.35 Å². The van der Waals surface area contributed by atoms with Crippen LogP contribution in [-0.2, 0) is 24.4 Å². The average molecular weight is 283 g/mol. The van der Waals surface area contributed by atoms with Crippen molar-refractivity contribution in [1.82, 2.24) is 0 Å². The summed E-state index contributed by atoms with van der Waals surface area (Å²) < 4.78 is 39.3. The Kier molecular flexibility index (Phi) is 6.76. The van der Waals surface area contributed by atoms with Gasteiger partial charge in [0.25, 0.3) is 10.1 Å². The number of carbonyl (C=O) groups is 1. The van der Waals surface area contributed by atoms with Crippen LogP contribution in [0.1, 0.15) is 33.6 Å². The smallest absolute Gasteiger partial charge is 0.310 e. The van der Waals surface area contributed by atoms with Crippen molar-refractivity contribution in [3.05, 3.63) is 0 Å². The molecule has 0 fully saturated rings.